The lowest BCUT2D eigenvalue weighted by molar-refractivity contribution is 0.171. The van der Waals surface area contributed by atoms with E-state index in [2.05, 4.69) is 27.4 Å². The Balaban J connectivity index is 1.35. The van der Waals surface area contributed by atoms with Crippen LogP contribution in [0.4, 0.5) is 0 Å². The number of hydrogen-bond acceptors (Lipinski definition) is 4. The molecule has 4 rings (SSSR count). The number of nitrogens with one attached hydrogen (secondary N) is 2. The van der Waals surface area contributed by atoms with Crippen molar-refractivity contribution in [3.05, 3.63) is 22.7 Å². The van der Waals surface area contributed by atoms with Crippen molar-refractivity contribution in [3.8, 4) is 11.5 Å². The molecule has 1 aromatic carbocycles. The molecule has 1 saturated heterocycles. The van der Waals surface area contributed by atoms with Crippen LogP contribution >= 0.6 is 11.6 Å². The number of ether oxygens (including phenoxy) is 2. The maximum atomic E-state index is 6.32. The topological polar surface area (TPSA) is 58.1 Å². The number of fused-ring (bicyclic) bond motifs is 1. The molecule has 2 fully saturated rings. The third-order valence-corrected chi connectivity index (χ3v) is 5.65. The summed E-state index contributed by atoms with van der Waals surface area (Å²) in [7, 11) is 1.81. The summed E-state index contributed by atoms with van der Waals surface area (Å²) in [5.74, 6) is 2.81. The molecule has 0 radical (unpaired) electrons. The highest BCUT2D eigenvalue weighted by Crippen LogP contribution is 2.38. The van der Waals surface area contributed by atoms with Gasteiger partial charge in [0.1, 0.15) is 13.2 Å². The Hall–Kier alpha value is -1.66. The van der Waals surface area contributed by atoms with Crippen LogP contribution in [0, 0.1) is 5.92 Å². The van der Waals surface area contributed by atoms with E-state index in [1.165, 1.54) is 19.4 Å². The SMILES string of the molecule is CN=C(NCc1cc(Cl)c2c(c1)OCCO2)NC1CN(C2CC2)CC1C. The van der Waals surface area contributed by atoms with Crippen LogP contribution in [-0.2, 0) is 6.54 Å². The number of guanidine groups is 1. The molecular formula is C19H27ClN4O2. The summed E-state index contributed by atoms with van der Waals surface area (Å²) < 4.78 is 11.2. The third-order valence-electron chi connectivity index (χ3n) is 5.37. The first-order chi connectivity index (χ1) is 12.6. The van der Waals surface area contributed by atoms with Crippen LogP contribution in [0.5, 0.6) is 11.5 Å². The largest absolute Gasteiger partial charge is 0.486 e. The summed E-state index contributed by atoms with van der Waals surface area (Å²) in [5, 5.41) is 7.57. The Morgan fingerprint density at radius 1 is 1.27 bits per heavy atom. The molecule has 0 amide bonds. The average Bonchev–Trinajstić information content (AvgIpc) is 3.43. The first-order valence-electron chi connectivity index (χ1n) is 9.43. The molecule has 142 valence electrons. The predicted molar refractivity (Wildman–Crippen MR) is 103 cm³/mol. The number of halogens is 1. The van der Waals surface area contributed by atoms with Gasteiger partial charge in [0.05, 0.1) is 5.02 Å². The molecule has 0 aromatic heterocycles. The molecule has 0 bridgehead atoms. The van der Waals surface area contributed by atoms with Gasteiger partial charge in [0.15, 0.2) is 17.5 Å². The summed E-state index contributed by atoms with van der Waals surface area (Å²) in [6.45, 7) is 6.32. The Bertz CT molecular complexity index is 692. The van der Waals surface area contributed by atoms with E-state index in [1.807, 2.05) is 19.2 Å². The van der Waals surface area contributed by atoms with Crippen LogP contribution in [-0.4, -0.2) is 56.3 Å². The summed E-state index contributed by atoms with van der Waals surface area (Å²) in [6, 6.07) is 5.15. The van der Waals surface area contributed by atoms with E-state index in [0.29, 0.717) is 48.2 Å². The van der Waals surface area contributed by atoms with Gasteiger partial charge in [-0.3, -0.25) is 9.89 Å². The van der Waals surface area contributed by atoms with Gasteiger partial charge in [-0.2, -0.15) is 0 Å². The zero-order valence-electron chi connectivity index (χ0n) is 15.4. The smallest absolute Gasteiger partial charge is 0.191 e. The molecule has 1 aliphatic carbocycles. The fourth-order valence-electron chi connectivity index (χ4n) is 3.75. The van der Waals surface area contributed by atoms with Gasteiger partial charge in [0, 0.05) is 38.8 Å². The van der Waals surface area contributed by atoms with Gasteiger partial charge in [0.2, 0.25) is 0 Å². The molecule has 0 spiro atoms. The predicted octanol–water partition coefficient (Wildman–Crippen LogP) is 2.26. The molecule has 2 aliphatic heterocycles. The van der Waals surface area contributed by atoms with Crippen molar-refractivity contribution in [1.29, 1.82) is 0 Å². The molecule has 7 heteroatoms. The van der Waals surface area contributed by atoms with Crippen LogP contribution in [0.15, 0.2) is 17.1 Å². The minimum atomic E-state index is 0.436. The maximum Gasteiger partial charge on any atom is 0.191 e. The molecular weight excluding hydrogens is 352 g/mol. The molecule has 1 saturated carbocycles. The molecule has 3 aliphatic rings. The van der Waals surface area contributed by atoms with Gasteiger partial charge < -0.3 is 20.1 Å². The Morgan fingerprint density at radius 2 is 2.08 bits per heavy atom. The fraction of sp³-hybridized carbons (Fsp3) is 0.632. The van der Waals surface area contributed by atoms with Crippen LogP contribution in [0.3, 0.4) is 0 Å². The highest BCUT2D eigenvalue weighted by molar-refractivity contribution is 6.32. The lowest BCUT2D eigenvalue weighted by Crippen LogP contribution is -2.46. The van der Waals surface area contributed by atoms with Crippen LogP contribution < -0.4 is 20.1 Å². The van der Waals surface area contributed by atoms with Crippen LogP contribution in [0.25, 0.3) is 0 Å². The van der Waals surface area contributed by atoms with Gasteiger partial charge >= 0.3 is 0 Å². The zero-order chi connectivity index (χ0) is 18.1. The monoisotopic (exact) mass is 378 g/mol. The molecule has 2 heterocycles. The van der Waals surface area contributed by atoms with Crippen molar-refractivity contribution in [2.24, 2.45) is 10.9 Å². The number of benzene rings is 1. The van der Waals surface area contributed by atoms with E-state index in [1.54, 1.807) is 0 Å². The second-order valence-electron chi connectivity index (χ2n) is 7.44. The Kier molecular flexibility index (Phi) is 5.14. The summed E-state index contributed by atoms with van der Waals surface area (Å²) in [5.41, 5.74) is 1.04. The zero-order valence-corrected chi connectivity index (χ0v) is 16.2. The second kappa shape index (κ2) is 7.53. The van der Waals surface area contributed by atoms with Crippen molar-refractivity contribution in [2.75, 3.05) is 33.4 Å². The Morgan fingerprint density at radius 3 is 2.85 bits per heavy atom. The summed E-state index contributed by atoms with van der Waals surface area (Å²) >= 11 is 6.32. The summed E-state index contributed by atoms with van der Waals surface area (Å²) in [4.78, 5) is 6.99. The van der Waals surface area contributed by atoms with E-state index in [9.17, 15) is 0 Å². The summed E-state index contributed by atoms with van der Waals surface area (Å²) in [6.07, 6.45) is 2.72. The first kappa shape index (κ1) is 17.7. The second-order valence-corrected chi connectivity index (χ2v) is 7.85. The molecule has 1 aromatic rings. The number of aliphatic imine (C=N–C) groups is 1. The van der Waals surface area contributed by atoms with Crippen molar-refractivity contribution in [1.82, 2.24) is 15.5 Å². The highest BCUT2D eigenvalue weighted by atomic mass is 35.5. The molecule has 2 N–H and O–H groups in total. The number of hydrogen-bond donors (Lipinski definition) is 2. The van der Waals surface area contributed by atoms with Gasteiger partial charge in [-0.15, -0.1) is 0 Å². The molecule has 6 nitrogen and oxygen atoms in total. The standard InChI is InChI=1S/C19H27ClN4O2/c1-12-10-24(14-3-4-14)11-16(12)23-19(21-2)22-9-13-7-15(20)18-17(8-13)25-5-6-26-18/h7-8,12,14,16H,3-6,9-11H2,1-2H3,(H2,21,22,23). The van der Waals surface area contributed by atoms with Crippen LogP contribution in [0.1, 0.15) is 25.3 Å². The number of nitrogens with zero attached hydrogens (tertiary/aromatic N) is 2. The van der Waals surface area contributed by atoms with Crippen molar-refractivity contribution in [2.45, 2.75) is 38.4 Å². The third kappa shape index (κ3) is 3.86. The maximum absolute atomic E-state index is 6.32. The normalized spacial score (nSPS) is 26.0. The van der Waals surface area contributed by atoms with Gasteiger partial charge in [-0.1, -0.05) is 18.5 Å². The van der Waals surface area contributed by atoms with Crippen LogP contribution in [0.2, 0.25) is 5.02 Å². The lowest BCUT2D eigenvalue weighted by atomic mass is 10.1. The molecule has 2 unspecified atom stereocenters. The molecule has 2 atom stereocenters. The fourth-order valence-corrected chi connectivity index (χ4v) is 4.04. The van der Waals surface area contributed by atoms with Gasteiger partial charge in [-0.25, -0.2) is 0 Å². The minimum absolute atomic E-state index is 0.436. The van der Waals surface area contributed by atoms with E-state index in [4.69, 9.17) is 21.1 Å². The average molecular weight is 379 g/mol. The molecule has 26 heavy (non-hydrogen) atoms. The van der Waals surface area contributed by atoms with Crippen molar-refractivity contribution in [3.63, 3.8) is 0 Å². The van der Waals surface area contributed by atoms with Crippen molar-refractivity contribution < 1.29 is 9.47 Å². The van der Waals surface area contributed by atoms with E-state index in [-0.39, 0.29) is 0 Å². The lowest BCUT2D eigenvalue weighted by Gasteiger charge is -2.22. The van der Waals surface area contributed by atoms with Gasteiger partial charge in [0.25, 0.3) is 0 Å². The number of rotatable bonds is 4. The number of likely N-dealkylation sites (tertiary alicyclic amines) is 1. The minimum Gasteiger partial charge on any atom is -0.486 e. The highest BCUT2D eigenvalue weighted by Gasteiger charge is 2.38. The quantitative estimate of drug-likeness (QED) is 0.621. The van der Waals surface area contributed by atoms with E-state index in [0.717, 1.165) is 24.1 Å². The van der Waals surface area contributed by atoms with E-state index < -0.39 is 0 Å². The van der Waals surface area contributed by atoms with E-state index >= 15 is 0 Å². The Labute approximate surface area is 159 Å². The van der Waals surface area contributed by atoms with Crippen molar-refractivity contribution >= 4 is 17.6 Å². The van der Waals surface area contributed by atoms with Gasteiger partial charge in [-0.05, 0) is 36.5 Å². The first-order valence-corrected chi connectivity index (χ1v) is 9.81.